The minimum absolute atomic E-state index is 0.247. The molecule has 0 saturated carbocycles. The van der Waals surface area contributed by atoms with Gasteiger partial charge in [0.05, 0.1) is 16.7 Å². The highest BCUT2D eigenvalue weighted by Gasteiger charge is 2.52. The molecular formula is C30H39Cl2NO3Si2. The van der Waals surface area contributed by atoms with Crippen LogP contribution in [0.5, 0.6) is 5.75 Å². The Kier molecular flexibility index (Phi) is 9.93. The van der Waals surface area contributed by atoms with E-state index in [1.165, 1.54) is 0 Å². The van der Waals surface area contributed by atoms with Gasteiger partial charge in [0.15, 0.2) is 0 Å². The molecule has 4 nitrogen and oxygen atoms in total. The van der Waals surface area contributed by atoms with Crippen molar-refractivity contribution < 1.29 is 14.0 Å². The average Bonchev–Trinajstić information content (AvgIpc) is 2.83. The minimum atomic E-state index is -2.92. The monoisotopic (exact) mass is 587 g/mol. The molecule has 2 N–H and O–H groups in total. The standard InChI is InChI=1S/C30H39Cl2NO3Si2/c1-30(2,3)38(23-13-9-7-10-14-23,24-15-11-8-12-16-24)36-28-25(31)19-22(20-26(28)32)21-27(33)29(34)35-17-18-37(4,5)6/h7-16,19-20,27H,17-18,21,33H2,1-6H3/t27-/m1/s1. The van der Waals surface area contributed by atoms with Gasteiger partial charge < -0.3 is 14.9 Å². The molecule has 3 aromatic rings. The highest BCUT2D eigenvalue weighted by Crippen LogP contribution is 2.42. The molecular weight excluding hydrogens is 549 g/mol. The third-order valence-corrected chi connectivity index (χ3v) is 13.8. The molecule has 204 valence electrons. The predicted octanol–water partition coefficient (Wildman–Crippen LogP) is 6.68. The number of nitrogens with two attached hydrogens (primary N) is 1. The van der Waals surface area contributed by atoms with Crippen molar-refractivity contribution in [2.45, 2.75) is 64.0 Å². The fraction of sp³-hybridized carbons (Fsp3) is 0.367. The largest absolute Gasteiger partial charge is 0.532 e. The van der Waals surface area contributed by atoms with E-state index in [0.29, 0.717) is 22.4 Å². The topological polar surface area (TPSA) is 61.5 Å². The fourth-order valence-electron chi connectivity index (χ4n) is 4.53. The quantitative estimate of drug-likeness (QED) is 0.212. The van der Waals surface area contributed by atoms with E-state index in [0.717, 1.165) is 22.0 Å². The van der Waals surface area contributed by atoms with Crippen molar-refractivity contribution in [3.63, 3.8) is 0 Å². The SMILES string of the molecule is CC(C)(C)[Si](Oc1c(Cl)cc(C[C@@H](N)C(=O)OCC[Si](C)(C)C)cc1Cl)(c1ccccc1)c1ccccc1. The van der Waals surface area contributed by atoms with Crippen LogP contribution in [0.1, 0.15) is 26.3 Å². The molecule has 8 heteroatoms. The summed E-state index contributed by atoms with van der Waals surface area (Å²) in [7, 11) is -4.22. The zero-order valence-corrected chi connectivity index (χ0v) is 26.7. The molecule has 0 aromatic heterocycles. The molecule has 3 rings (SSSR count). The number of carbonyl (C=O) groups is 1. The molecule has 0 saturated heterocycles. The van der Waals surface area contributed by atoms with Crippen LogP contribution in [0.15, 0.2) is 72.8 Å². The van der Waals surface area contributed by atoms with Crippen LogP contribution in [0.3, 0.4) is 0 Å². The molecule has 1 atom stereocenters. The van der Waals surface area contributed by atoms with E-state index in [1.807, 2.05) is 36.4 Å². The number of benzene rings is 3. The van der Waals surface area contributed by atoms with Crippen molar-refractivity contribution in [2.75, 3.05) is 6.61 Å². The average molecular weight is 589 g/mol. The summed E-state index contributed by atoms with van der Waals surface area (Å²) in [5, 5.41) is 2.78. The predicted molar refractivity (Wildman–Crippen MR) is 166 cm³/mol. The van der Waals surface area contributed by atoms with Crippen molar-refractivity contribution in [2.24, 2.45) is 5.73 Å². The van der Waals surface area contributed by atoms with Crippen LogP contribution in [-0.4, -0.2) is 35.0 Å². The number of hydrogen-bond acceptors (Lipinski definition) is 4. The van der Waals surface area contributed by atoms with Crippen LogP contribution in [0.4, 0.5) is 0 Å². The first-order chi connectivity index (χ1) is 17.7. The maximum Gasteiger partial charge on any atom is 0.323 e. The van der Waals surface area contributed by atoms with Gasteiger partial charge in [0, 0.05) is 8.07 Å². The summed E-state index contributed by atoms with van der Waals surface area (Å²) in [4.78, 5) is 12.5. The van der Waals surface area contributed by atoms with Crippen LogP contribution < -0.4 is 20.5 Å². The van der Waals surface area contributed by atoms with E-state index in [4.69, 9.17) is 38.1 Å². The fourth-order valence-corrected chi connectivity index (χ4v) is 10.4. The number of hydrogen-bond donors (Lipinski definition) is 1. The van der Waals surface area contributed by atoms with Gasteiger partial charge >= 0.3 is 14.3 Å². The second-order valence-electron chi connectivity index (χ2n) is 11.9. The Labute approximate surface area is 239 Å². The van der Waals surface area contributed by atoms with Crippen molar-refractivity contribution >= 4 is 55.9 Å². The number of esters is 1. The lowest BCUT2D eigenvalue weighted by molar-refractivity contribution is -0.144. The Morgan fingerprint density at radius 2 is 1.37 bits per heavy atom. The van der Waals surface area contributed by atoms with Gasteiger partial charge in [0.1, 0.15) is 11.8 Å². The summed E-state index contributed by atoms with van der Waals surface area (Å²) in [6, 6.07) is 24.3. The summed E-state index contributed by atoms with van der Waals surface area (Å²) in [6.45, 7) is 13.7. The molecule has 0 spiro atoms. The van der Waals surface area contributed by atoms with Gasteiger partial charge in [-0.15, -0.1) is 0 Å². The van der Waals surface area contributed by atoms with Crippen LogP contribution >= 0.6 is 23.2 Å². The maximum atomic E-state index is 12.5. The van der Waals surface area contributed by atoms with Crippen molar-refractivity contribution in [1.82, 2.24) is 0 Å². The third kappa shape index (κ3) is 7.30. The highest BCUT2D eigenvalue weighted by atomic mass is 35.5. The second-order valence-corrected chi connectivity index (χ2v) is 22.6. The molecule has 0 bridgehead atoms. The summed E-state index contributed by atoms with van der Waals surface area (Å²) in [5.41, 5.74) is 6.93. The van der Waals surface area contributed by atoms with Gasteiger partial charge in [0.25, 0.3) is 0 Å². The van der Waals surface area contributed by atoms with E-state index >= 15 is 0 Å². The third-order valence-electron chi connectivity index (χ3n) is 6.58. The van der Waals surface area contributed by atoms with Gasteiger partial charge in [0.2, 0.25) is 0 Å². The molecule has 0 heterocycles. The summed E-state index contributed by atoms with van der Waals surface area (Å²) in [5.74, 6) is 0.0285. The minimum Gasteiger partial charge on any atom is -0.532 e. The second kappa shape index (κ2) is 12.4. The van der Waals surface area contributed by atoms with Crippen molar-refractivity contribution in [3.05, 3.63) is 88.4 Å². The Bertz CT molecular complexity index is 1160. The first-order valence-electron chi connectivity index (χ1n) is 12.9. The van der Waals surface area contributed by atoms with Gasteiger partial charge in [-0.1, -0.05) is 124 Å². The van der Waals surface area contributed by atoms with E-state index < -0.39 is 28.4 Å². The summed E-state index contributed by atoms with van der Waals surface area (Å²) >= 11 is 13.6. The Balaban J connectivity index is 1.94. The van der Waals surface area contributed by atoms with Crippen LogP contribution in [-0.2, 0) is 16.0 Å². The Hall–Kier alpha value is -2.10. The van der Waals surface area contributed by atoms with Gasteiger partial charge in [-0.3, -0.25) is 4.79 Å². The molecule has 0 fully saturated rings. The van der Waals surface area contributed by atoms with Gasteiger partial charge in [-0.25, -0.2) is 0 Å². The van der Waals surface area contributed by atoms with Crippen molar-refractivity contribution in [3.8, 4) is 5.75 Å². The zero-order chi connectivity index (χ0) is 28.1. The van der Waals surface area contributed by atoms with E-state index in [9.17, 15) is 4.79 Å². The number of halogens is 2. The molecule has 38 heavy (non-hydrogen) atoms. The van der Waals surface area contributed by atoms with Crippen LogP contribution in [0.25, 0.3) is 0 Å². The van der Waals surface area contributed by atoms with Crippen LogP contribution in [0, 0.1) is 0 Å². The van der Waals surface area contributed by atoms with Gasteiger partial charge in [-0.05, 0) is 45.6 Å². The van der Waals surface area contributed by atoms with Crippen molar-refractivity contribution in [1.29, 1.82) is 0 Å². The lowest BCUT2D eigenvalue weighted by atomic mass is 10.1. The molecule has 0 unspecified atom stereocenters. The molecule has 0 aliphatic carbocycles. The molecule has 3 aromatic carbocycles. The first kappa shape index (κ1) is 30.4. The first-order valence-corrected chi connectivity index (χ1v) is 19.3. The zero-order valence-electron chi connectivity index (χ0n) is 23.2. The molecule has 0 aliphatic rings. The van der Waals surface area contributed by atoms with Crippen LogP contribution in [0.2, 0.25) is 40.8 Å². The highest BCUT2D eigenvalue weighted by molar-refractivity contribution is 7.00. The lowest BCUT2D eigenvalue weighted by Gasteiger charge is -2.43. The molecule has 0 aliphatic heterocycles. The normalized spacial score (nSPS) is 13.2. The lowest BCUT2D eigenvalue weighted by Crippen LogP contribution is -2.68. The van der Waals surface area contributed by atoms with Gasteiger partial charge in [-0.2, -0.15) is 0 Å². The molecule has 0 radical (unpaired) electrons. The van der Waals surface area contributed by atoms with E-state index in [-0.39, 0.29) is 11.5 Å². The van der Waals surface area contributed by atoms with E-state index in [1.54, 1.807) is 12.1 Å². The molecule has 0 amide bonds. The maximum absolute atomic E-state index is 12.5. The number of ether oxygens (including phenoxy) is 1. The van der Waals surface area contributed by atoms with E-state index in [2.05, 4.69) is 64.7 Å². The summed E-state index contributed by atoms with van der Waals surface area (Å²) < 4.78 is 12.5. The Morgan fingerprint density at radius 3 is 1.79 bits per heavy atom. The number of carbonyl (C=O) groups excluding carboxylic acids is 1. The smallest absolute Gasteiger partial charge is 0.323 e. The Morgan fingerprint density at radius 1 is 0.895 bits per heavy atom. The number of rotatable bonds is 10. The summed E-state index contributed by atoms with van der Waals surface area (Å²) in [6.07, 6.45) is 0.269.